The highest BCUT2D eigenvalue weighted by molar-refractivity contribution is 5.43. The van der Waals surface area contributed by atoms with Crippen molar-refractivity contribution in [1.29, 1.82) is 0 Å². The number of hydrogen-bond donors (Lipinski definition) is 0. The minimum absolute atomic E-state index is 0.0103. The van der Waals surface area contributed by atoms with Gasteiger partial charge in [0, 0.05) is 18.1 Å². The average molecular weight is 324 g/mol. The number of benzene rings is 1. The Morgan fingerprint density at radius 3 is 2.23 bits per heavy atom. The summed E-state index contributed by atoms with van der Waals surface area (Å²) in [5.74, 6) is 3.50. The van der Waals surface area contributed by atoms with Gasteiger partial charge < -0.3 is 9.47 Å². The summed E-state index contributed by atoms with van der Waals surface area (Å²) in [5.41, 5.74) is -0.0103. The van der Waals surface area contributed by atoms with Gasteiger partial charge in [-0.1, -0.05) is 24.0 Å². The van der Waals surface area contributed by atoms with Gasteiger partial charge in [0.05, 0.1) is 0 Å². The average Bonchev–Trinajstić information content (AvgIpc) is 2.33. The molecule has 0 heterocycles. The molecule has 0 unspecified atom stereocenters. The molecule has 0 atom stereocenters. The Hall–Kier alpha value is -2.30. The molecule has 0 spiro atoms. The normalized spacial score (nSPS) is 12.0. The third-order valence-electron chi connectivity index (χ3n) is 2.13. The van der Waals surface area contributed by atoms with E-state index in [-0.39, 0.29) is 12.0 Å². The van der Waals surface area contributed by atoms with E-state index < -0.39 is 24.2 Å². The molecule has 22 heavy (non-hydrogen) atoms. The molecule has 1 aromatic rings. The maximum absolute atomic E-state index is 12.3. The van der Waals surface area contributed by atoms with Crippen LogP contribution in [0.5, 0.6) is 11.5 Å². The van der Waals surface area contributed by atoms with Gasteiger partial charge in [0.2, 0.25) is 0 Å². The highest BCUT2D eigenvalue weighted by Crippen LogP contribution is 2.32. The second-order valence-electron chi connectivity index (χ2n) is 3.86. The summed E-state index contributed by atoms with van der Waals surface area (Å²) in [4.78, 5) is 0. The van der Waals surface area contributed by atoms with Crippen molar-refractivity contribution in [1.82, 2.24) is 0 Å². The van der Waals surface area contributed by atoms with E-state index in [1.54, 1.807) is 13.0 Å². The number of halogens is 6. The van der Waals surface area contributed by atoms with Crippen molar-refractivity contribution >= 4 is 0 Å². The van der Waals surface area contributed by atoms with Crippen LogP contribution in [0.25, 0.3) is 0 Å². The second-order valence-corrected chi connectivity index (χ2v) is 3.86. The van der Waals surface area contributed by atoms with Crippen LogP contribution in [0, 0.1) is 11.8 Å². The second kappa shape index (κ2) is 7.11. The fraction of sp³-hybridized carbons (Fsp3) is 0.286. The molecule has 0 aliphatic rings. The molecule has 0 fully saturated rings. The smallest absolute Gasteiger partial charge is 0.406 e. The van der Waals surface area contributed by atoms with E-state index in [0.717, 1.165) is 12.1 Å². The van der Waals surface area contributed by atoms with E-state index in [9.17, 15) is 26.3 Å². The van der Waals surface area contributed by atoms with Gasteiger partial charge in [-0.3, -0.25) is 0 Å². The van der Waals surface area contributed by atoms with E-state index >= 15 is 0 Å². The summed E-state index contributed by atoms with van der Waals surface area (Å²) in [5, 5.41) is 0. The first-order valence-electron chi connectivity index (χ1n) is 5.84. The van der Waals surface area contributed by atoms with E-state index in [1.807, 2.05) is 0 Å². The van der Waals surface area contributed by atoms with Crippen molar-refractivity contribution < 1.29 is 35.8 Å². The van der Waals surface area contributed by atoms with Crippen LogP contribution in [-0.2, 0) is 6.42 Å². The Labute approximate surface area is 122 Å². The lowest BCUT2D eigenvalue weighted by molar-refractivity contribution is -0.276. The maximum atomic E-state index is 12.3. The van der Waals surface area contributed by atoms with E-state index in [1.165, 1.54) is 6.08 Å². The fourth-order valence-corrected chi connectivity index (χ4v) is 1.39. The van der Waals surface area contributed by atoms with Crippen LogP contribution in [0.15, 0.2) is 30.4 Å². The number of ether oxygens (including phenoxy) is 2. The molecule has 0 radical (unpaired) electrons. The quantitative estimate of drug-likeness (QED) is 0.597. The molecule has 0 saturated carbocycles. The zero-order valence-electron chi connectivity index (χ0n) is 11.2. The van der Waals surface area contributed by atoms with Crippen LogP contribution in [0.3, 0.4) is 0 Å². The molecule has 8 heteroatoms. The molecule has 0 saturated heterocycles. The highest BCUT2D eigenvalue weighted by Gasteiger charge is 2.34. The highest BCUT2D eigenvalue weighted by atomic mass is 19.4. The first-order chi connectivity index (χ1) is 10.1. The fourth-order valence-electron chi connectivity index (χ4n) is 1.39. The van der Waals surface area contributed by atoms with Gasteiger partial charge in [-0.15, -0.1) is 26.3 Å². The van der Waals surface area contributed by atoms with Gasteiger partial charge in [-0.25, -0.2) is 0 Å². The number of hydrogen-bond acceptors (Lipinski definition) is 2. The number of allylic oxidation sites excluding steroid dienone is 2. The third-order valence-corrected chi connectivity index (χ3v) is 2.13. The number of alkyl halides is 6. The van der Waals surface area contributed by atoms with E-state index in [4.69, 9.17) is 0 Å². The molecule has 0 aromatic heterocycles. The summed E-state index contributed by atoms with van der Waals surface area (Å²) < 4.78 is 80.4. The van der Waals surface area contributed by atoms with Crippen LogP contribution in [0.1, 0.15) is 12.5 Å². The summed E-state index contributed by atoms with van der Waals surface area (Å²) in [7, 11) is 0. The van der Waals surface area contributed by atoms with Gasteiger partial charge in [0.1, 0.15) is 11.5 Å². The van der Waals surface area contributed by atoms with Gasteiger partial charge in [0.25, 0.3) is 0 Å². The zero-order chi connectivity index (χ0) is 16.8. The van der Waals surface area contributed by atoms with Crippen molar-refractivity contribution in [2.24, 2.45) is 0 Å². The monoisotopic (exact) mass is 324 g/mol. The predicted octanol–water partition coefficient (Wildman–Crippen LogP) is 4.61. The first kappa shape index (κ1) is 17.8. The molecule has 120 valence electrons. The molecule has 0 amide bonds. The largest absolute Gasteiger partial charge is 0.573 e. The minimum Gasteiger partial charge on any atom is -0.406 e. The summed E-state index contributed by atoms with van der Waals surface area (Å²) in [6, 6.07) is 2.45. The van der Waals surface area contributed by atoms with Crippen molar-refractivity contribution in [2.75, 3.05) is 0 Å². The molecular formula is C14H10F6O2. The van der Waals surface area contributed by atoms with Crippen LogP contribution in [0.4, 0.5) is 26.3 Å². The van der Waals surface area contributed by atoms with Crippen molar-refractivity contribution in [2.45, 2.75) is 26.1 Å². The lowest BCUT2D eigenvalue weighted by Gasteiger charge is -2.14. The van der Waals surface area contributed by atoms with E-state index in [0.29, 0.717) is 6.07 Å². The third kappa shape index (κ3) is 6.92. The Morgan fingerprint density at radius 1 is 1.05 bits per heavy atom. The van der Waals surface area contributed by atoms with Crippen molar-refractivity contribution in [3.05, 3.63) is 35.9 Å². The molecular weight excluding hydrogens is 314 g/mol. The summed E-state index contributed by atoms with van der Waals surface area (Å²) >= 11 is 0. The van der Waals surface area contributed by atoms with Crippen LogP contribution in [0.2, 0.25) is 0 Å². The standard InChI is InChI=1S/C14H10F6O2/c1-2-3-4-5-6-10-7-8-11(21-13(15,16)17)9-12(10)22-14(18,19)20/h2-3,7-9H,6H2,1H3/b3-2+. The molecule has 1 rings (SSSR count). The Balaban J connectivity index is 3.07. The lowest BCUT2D eigenvalue weighted by Crippen LogP contribution is -2.19. The van der Waals surface area contributed by atoms with Crippen molar-refractivity contribution in [3.63, 3.8) is 0 Å². The topological polar surface area (TPSA) is 18.5 Å². The molecule has 0 bridgehead atoms. The summed E-state index contributed by atoms with van der Waals surface area (Å²) in [6.07, 6.45) is -7.07. The molecule has 0 aliphatic carbocycles. The van der Waals surface area contributed by atoms with Crippen LogP contribution in [-0.4, -0.2) is 12.7 Å². The Morgan fingerprint density at radius 2 is 1.68 bits per heavy atom. The SMILES string of the molecule is C/C=C/C#CCc1ccc(OC(F)(F)F)cc1OC(F)(F)F. The minimum atomic E-state index is -5.04. The van der Waals surface area contributed by atoms with Crippen molar-refractivity contribution in [3.8, 4) is 23.3 Å². The zero-order valence-corrected chi connectivity index (χ0v) is 11.2. The van der Waals surface area contributed by atoms with Gasteiger partial charge in [-0.05, 0) is 19.1 Å². The van der Waals surface area contributed by atoms with Gasteiger partial charge in [0.15, 0.2) is 0 Å². The molecule has 0 aliphatic heterocycles. The lowest BCUT2D eigenvalue weighted by atomic mass is 10.1. The first-order valence-corrected chi connectivity index (χ1v) is 5.84. The summed E-state index contributed by atoms with van der Waals surface area (Å²) in [6.45, 7) is 1.70. The van der Waals surface area contributed by atoms with Gasteiger partial charge >= 0.3 is 12.7 Å². The van der Waals surface area contributed by atoms with Crippen LogP contribution >= 0.6 is 0 Å². The van der Waals surface area contributed by atoms with Crippen LogP contribution < -0.4 is 9.47 Å². The number of rotatable bonds is 3. The molecule has 1 aromatic carbocycles. The Kier molecular flexibility index (Phi) is 5.74. The molecule has 2 nitrogen and oxygen atoms in total. The predicted molar refractivity (Wildman–Crippen MR) is 66.1 cm³/mol. The van der Waals surface area contributed by atoms with Gasteiger partial charge in [-0.2, -0.15) is 0 Å². The maximum Gasteiger partial charge on any atom is 0.573 e. The Bertz CT molecular complexity index is 590. The van der Waals surface area contributed by atoms with E-state index in [2.05, 4.69) is 21.3 Å². The molecule has 0 N–H and O–H groups in total.